The van der Waals surface area contributed by atoms with E-state index in [0.717, 1.165) is 82.1 Å². The van der Waals surface area contributed by atoms with E-state index < -0.39 is 0 Å². The van der Waals surface area contributed by atoms with Gasteiger partial charge in [0.15, 0.2) is 18.5 Å². The van der Waals surface area contributed by atoms with Crippen molar-refractivity contribution in [3.8, 4) is 5.75 Å². The van der Waals surface area contributed by atoms with Gasteiger partial charge in [-0.05, 0) is 63.2 Å². The second kappa shape index (κ2) is 12.6. The molecule has 0 bridgehead atoms. The number of allylic oxidation sites excluding steroid dienone is 1. The first-order valence-corrected chi connectivity index (χ1v) is 15.9. The molecule has 1 fully saturated rings. The molecule has 7 heteroatoms. The molecular weight excluding hydrogens is 528 g/mol. The molecule has 4 aliphatic heterocycles. The molecule has 1 N–H and O–H groups in total. The number of fused-ring (bicyclic) bond motifs is 1. The number of benzene rings is 2. The molecule has 0 spiro atoms. The zero-order chi connectivity index (χ0) is 29.1. The highest BCUT2D eigenvalue weighted by molar-refractivity contribution is 6.06. The Hall–Kier alpha value is -3.16. The van der Waals surface area contributed by atoms with Crippen LogP contribution in [0.25, 0.3) is 6.08 Å². The van der Waals surface area contributed by atoms with Gasteiger partial charge in [-0.1, -0.05) is 31.0 Å². The molecule has 4 heterocycles. The van der Waals surface area contributed by atoms with E-state index in [-0.39, 0.29) is 17.7 Å². The van der Waals surface area contributed by atoms with Gasteiger partial charge in [0.05, 0.1) is 31.7 Å². The molecule has 0 radical (unpaired) electrons. The molecule has 0 saturated carbocycles. The molecule has 1 saturated heterocycles. The zero-order valence-corrected chi connectivity index (χ0v) is 25.2. The monoisotopic (exact) mass is 573 g/mol. The van der Waals surface area contributed by atoms with Crippen molar-refractivity contribution in [1.82, 2.24) is 0 Å². The normalized spacial score (nSPS) is 21.7. The van der Waals surface area contributed by atoms with Crippen LogP contribution in [0.3, 0.4) is 0 Å². The number of aryl methyl sites for hydroxylation is 1. The van der Waals surface area contributed by atoms with Crippen LogP contribution in [0.2, 0.25) is 0 Å². The van der Waals surface area contributed by atoms with Gasteiger partial charge in [0.25, 0.3) is 0 Å². The standard InChI is InChI=1S/C35H44N2O5/c1-25(38)40-21-7-3-6-17-35(2)29-12-4-5-13-30(29)37(20-16-32-41-22-23-42-32)31(35)15-14-27-24-26-10-8-18-36-19-9-11-28(33(26)36)34(27)39/h4-5,12-15,24,32H,3,6-11,16-23H2,1-2H3/p+1. The second-order valence-electron chi connectivity index (χ2n) is 12.3. The lowest BCUT2D eigenvalue weighted by atomic mass is 9.75. The predicted molar refractivity (Wildman–Crippen MR) is 165 cm³/mol. The van der Waals surface area contributed by atoms with E-state index in [1.807, 2.05) is 0 Å². The number of para-hydroxylation sites is 1. The number of carbonyl (C=O) groups excluding carboxylic acids is 1. The Bertz CT molecular complexity index is 1370. The highest BCUT2D eigenvalue weighted by atomic mass is 16.7. The number of phenols is 1. The van der Waals surface area contributed by atoms with Gasteiger partial charge < -0.3 is 24.2 Å². The van der Waals surface area contributed by atoms with Crippen molar-refractivity contribution in [3.05, 3.63) is 58.7 Å². The minimum Gasteiger partial charge on any atom is -0.507 e. The van der Waals surface area contributed by atoms with E-state index in [1.165, 1.54) is 41.6 Å². The molecular formula is C35H45N2O5+. The molecule has 0 aliphatic carbocycles. The maximum Gasteiger partial charge on any atom is 0.302 e. The molecule has 2 aromatic carbocycles. The summed E-state index contributed by atoms with van der Waals surface area (Å²) < 4.78 is 19.2. The van der Waals surface area contributed by atoms with E-state index in [9.17, 15) is 9.90 Å². The molecule has 7 nitrogen and oxygen atoms in total. The molecule has 0 aromatic heterocycles. The van der Waals surface area contributed by atoms with Gasteiger partial charge in [-0.25, -0.2) is 0 Å². The number of ether oxygens (including phenoxy) is 3. The van der Waals surface area contributed by atoms with Gasteiger partial charge in [0.2, 0.25) is 5.69 Å². The van der Waals surface area contributed by atoms with Crippen LogP contribution < -0.4 is 4.90 Å². The number of rotatable bonds is 11. The van der Waals surface area contributed by atoms with E-state index in [0.29, 0.717) is 25.6 Å². The van der Waals surface area contributed by atoms with Crippen LogP contribution in [-0.4, -0.2) is 67.1 Å². The van der Waals surface area contributed by atoms with E-state index in [2.05, 4.69) is 58.9 Å². The summed E-state index contributed by atoms with van der Waals surface area (Å²) >= 11 is 0. The first-order valence-electron chi connectivity index (χ1n) is 15.9. The van der Waals surface area contributed by atoms with Crippen LogP contribution in [-0.2, 0) is 37.3 Å². The molecule has 224 valence electrons. The minimum atomic E-state index is -0.217. The highest BCUT2D eigenvalue weighted by Crippen LogP contribution is 2.45. The number of hydrogen-bond donors (Lipinski definition) is 1. The van der Waals surface area contributed by atoms with Crippen molar-refractivity contribution in [2.45, 2.75) is 83.3 Å². The first-order chi connectivity index (χ1) is 20.5. The van der Waals surface area contributed by atoms with Crippen LogP contribution in [0.5, 0.6) is 5.75 Å². The van der Waals surface area contributed by atoms with Crippen molar-refractivity contribution in [1.29, 1.82) is 0 Å². The molecule has 1 atom stereocenters. The second-order valence-corrected chi connectivity index (χ2v) is 12.3. The zero-order valence-electron chi connectivity index (χ0n) is 25.2. The Balaban J connectivity index is 1.33. The summed E-state index contributed by atoms with van der Waals surface area (Å²) in [4.78, 5) is 13.7. The summed E-state index contributed by atoms with van der Waals surface area (Å²) in [5.41, 5.74) is 8.32. The lowest BCUT2D eigenvalue weighted by Crippen LogP contribution is -2.34. The molecule has 0 amide bonds. The summed E-state index contributed by atoms with van der Waals surface area (Å²) in [7, 11) is 0. The van der Waals surface area contributed by atoms with E-state index in [4.69, 9.17) is 14.2 Å². The van der Waals surface area contributed by atoms with Crippen LogP contribution in [0.4, 0.5) is 11.4 Å². The average Bonchev–Trinajstić information content (AvgIpc) is 3.60. The first kappa shape index (κ1) is 28.9. The van der Waals surface area contributed by atoms with Crippen LogP contribution >= 0.6 is 0 Å². The van der Waals surface area contributed by atoms with Crippen molar-refractivity contribution in [2.75, 3.05) is 44.4 Å². The van der Waals surface area contributed by atoms with E-state index in [1.54, 1.807) is 0 Å². The van der Waals surface area contributed by atoms with Gasteiger partial charge in [0, 0.05) is 54.5 Å². The van der Waals surface area contributed by atoms with Gasteiger partial charge in [-0.15, -0.1) is 0 Å². The van der Waals surface area contributed by atoms with E-state index >= 15 is 0 Å². The van der Waals surface area contributed by atoms with Crippen molar-refractivity contribution in [2.24, 2.45) is 0 Å². The number of anilines is 1. The summed E-state index contributed by atoms with van der Waals surface area (Å²) in [5.74, 6) is 0.227. The fourth-order valence-electron chi connectivity index (χ4n) is 7.46. The number of unbranched alkanes of at least 4 members (excludes halogenated alkanes) is 2. The smallest absolute Gasteiger partial charge is 0.302 e. The van der Waals surface area contributed by atoms with Crippen LogP contribution in [0.1, 0.15) is 81.0 Å². The largest absolute Gasteiger partial charge is 0.507 e. The minimum absolute atomic E-state index is 0.170. The molecule has 2 aromatic rings. The van der Waals surface area contributed by atoms with Gasteiger partial charge in [-0.2, -0.15) is 4.58 Å². The maximum atomic E-state index is 11.5. The number of aromatic hydroxyl groups is 1. The fourth-order valence-corrected chi connectivity index (χ4v) is 7.46. The average molecular weight is 574 g/mol. The SMILES string of the molecule is CC(=O)OCCCCCC1(C)C(/C=C/c2cc3c4c(c2O)CCCN4CCC3)=[N+](CCC2OCCO2)c2ccccc21. The number of phenolic OH excluding ortho intramolecular Hbond substituents is 1. The third kappa shape index (κ3) is 5.73. The Morgan fingerprint density at radius 3 is 2.71 bits per heavy atom. The topological polar surface area (TPSA) is 71.2 Å². The molecule has 6 rings (SSSR count). The van der Waals surface area contributed by atoms with Gasteiger partial charge in [-0.3, -0.25) is 4.79 Å². The van der Waals surface area contributed by atoms with Gasteiger partial charge in [0.1, 0.15) is 5.75 Å². The fraction of sp³-hybridized carbons (Fsp3) is 0.543. The number of nitrogens with zero attached hydrogens (tertiary/aromatic N) is 2. The lowest BCUT2D eigenvalue weighted by molar-refractivity contribution is -0.442. The summed E-state index contributed by atoms with van der Waals surface area (Å²) in [6, 6.07) is 11.0. The summed E-state index contributed by atoms with van der Waals surface area (Å²) in [6.45, 7) is 8.57. The number of carbonyl (C=O) groups is 1. The van der Waals surface area contributed by atoms with Crippen molar-refractivity contribution >= 4 is 29.1 Å². The van der Waals surface area contributed by atoms with Crippen molar-refractivity contribution in [3.63, 3.8) is 0 Å². The Kier molecular flexibility index (Phi) is 8.68. The Labute approximate surface area is 249 Å². The quantitative estimate of drug-likeness (QED) is 0.201. The van der Waals surface area contributed by atoms with Crippen LogP contribution in [0.15, 0.2) is 36.4 Å². The van der Waals surface area contributed by atoms with Crippen LogP contribution in [0, 0.1) is 0 Å². The molecule has 4 aliphatic rings. The Morgan fingerprint density at radius 1 is 1.12 bits per heavy atom. The maximum absolute atomic E-state index is 11.5. The van der Waals surface area contributed by atoms with Gasteiger partial charge >= 0.3 is 5.97 Å². The molecule has 42 heavy (non-hydrogen) atoms. The van der Waals surface area contributed by atoms with Crippen molar-refractivity contribution < 1.29 is 28.7 Å². The Morgan fingerprint density at radius 2 is 1.90 bits per heavy atom. The highest BCUT2D eigenvalue weighted by Gasteiger charge is 2.47. The number of hydrogen-bond acceptors (Lipinski definition) is 6. The third-order valence-corrected chi connectivity index (χ3v) is 9.50. The molecule has 1 unspecified atom stereocenters. The lowest BCUT2D eigenvalue weighted by Gasteiger charge is -2.37. The third-order valence-electron chi connectivity index (χ3n) is 9.50. The predicted octanol–water partition coefficient (Wildman–Crippen LogP) is 6.05. The summed E-state index contributed by atoms with van der Waals surface area (Å²) in [6.07, 6.45) is 13.2. The summed E-state index contributed by atoms with van der Waals surface area (Å²) in [5, 5.41) is 11.5. The number of esters is 1.